The van der Waals surface area contributed by atoms with Crippen molar-refractivity contribution >= 4 is 34.3 Å². The van der Waals surface area contributed by atoms with Gasteiger partial charge < -0.3 is 10.6 Å². The molecule has 0 aliphatic carbocycles. The average molecular weight is 346 g/mol. The molecule has 1 amide bonds. The lowest BCUT2D eigenvalue weighted by atomic mass is 10.3. The summed E-state index contributed by atoms with van der Waals surface area (Å²) in [6.07, 6.45) is 1.81. The van der Waals surface area contributed by atoms with Crippen molar-refractivity contribution in [1.82, 2.24) is 9.88 Å². The molecule has 2 heterocycles. The molecular weight excluding hydrogens is 331 g/mol. The van der Waals surface area contributed by atoms with Gasteiger partial charge in [0, 0.05) is 32.4 Å². The van der Waals surface area contributed by atoms with Crippen molar-refractivity contribution < 1.29 is 4.79 Å². The van der Waals surface area contributed by atoms with Gasteiger partial charge in [-0.25, -0.2) is 4.98 Å². The number of hydrogen-bond donors (Lipinski definition) is 1. The summed E-state index contributed by atoms with van der Waals surface area (Å²) >= 11 is 2.30. The SMILES string of the molecule is NC(=O)CN1CCN(c2ncccc2I)CC1. The van der Waals surface area contributed by atoms with E-state index in [1.54, 1.807) is 0 Å². The van der Waals surface area contributed by atoms with Crippen molar-refractivity contribution in [2.24, 2.45) is 5.73 Å². The van der Waals surface area contributed by atoms with Gasteiger partial charge in [-0.15, -0.1) is 0 Å². The van der Waals surface area contributed by atoms with E-state index >= 15 is 0 Å². The van der Waals surface area contributed by atoms with E-state index in [1.165, 1.54) is 0 Å². The number of rotatable bonds is 3. The molecule has 0 saturated carbocycles. The molecule has 6 heteroatoms. The molecular formula is C11H15IN4O. The van der Waals surface area contributed by atoms with Crippen LogP contribution >= 0.6 is 22.6 Å². The summed E-state index contributed by atoms with van der Waals surface area (Å²) in [5.41, 5.74) is 5.19. The molecule has 1 aliphatic rings. The van der Waals surface area contributed by atoms with Gasteiger partial charge in [0.05, 0.1) is 10.1 Å². The van der Waals surface area contributed by atoms with Crippen LogP contribution in [0.3, 0.4) is 0 Å². The van der Waals surface area contributed by atoms with E-state index in [9.17, 15) is 4.79 Å². The summed E-state index contributed by atoms with van der Waals surface area (Å²) in [6.45, 7) is 3.85. The van der Waals surface area contributed by atoms with Crippen LogP contribution < -0.4 is 10.6 Å². The molecule has 1 aromatic rings. The lowest BCUT2D eigenvalue weighted by molar-refractivity contribution is -0.119. The van der Waals surface area contributed by atoms with Crippen LogP contribution in [-0.4, -0.2) is 48.5 Å². The summed E-state index contributed by atoms with van der Waals surface area (Å²) in [6, 6.07) is 3.99. The second-order valence-electron chi connectivity index (χ2n) is 4.04. The highest BCUT2D eigenvalue weighted by Crippen LogP contribution is 2.20. The van der Waals surface area contributed by atoms with E-state index in [2.05, 4.69) is 43.4 Å². The molecule has 0 aromatic carbocycles. The number of carbonyl (C=O) groups excluding carboxylic acids is 1. The van der Waals surface area contributed by atoms with Crippen LogP contribution in [0.2, 0.25) is 0 Å². The molecule has 1 aliphatic heterocycles. The number of nitrogens with zero attached hydrogens (tertiary/aromatic N) is 3. The quantitative estimate of drug-likeness (QED) is 0.800. The molecule has 2 rings (SSSR count). The van der Waals surface area contributed by atoms with Crippen molar-refractivity contribution in [2.75, 3.05) is 37.6 Å². The van der Waals surface area contributed by atoms with Crippen LogP contribution in [0.15, 0.2) is 18.3 Å². The maximum atomic E-state index is 10.8. The first-order chi connectivity index (χ1) is 8.16. The third-order valence-corrected chi connectivity index (χ3v) is 3.63. The van der Waals surface area contributed by atoms with Gasteiger partial charge in [0.1, 0.15) is 5.82 Å². The minimum absolute atomic E-state index is 0.258. The first-order valence-electron chi connectivity index (χ1n) is 5.53. The van der Waals surface area contributed by atoms with Crippen LogP contribution in [0.25, 0.3) is 0 Å². The predicted molar refractivity (Wildman–Crippen MR) is 74.8 cm³/mol. The number of pyridine rings is 1. The molecule has 1 saturated heterocycles. The highest BCUT2D eigenvalue weighted by molar-refractivity contribution is 14.1. The van der Waals surface area contributed by atoms with Gasteiger partial charge in [0.15, 0.2) is 0 Å². The normalized spacial score (nSPS) is 17.1. The second kappa shape index (κ2) is 5.63. The molecule has 0 radical (unpaired) electrons. The Labute approximate surface area is 114 Å². The van der Waals surface area contributed by atoms with Crippen LogP contribution in [0.5, 0.6) is 0 Å². The largest absolute Gasteiger partial charge is 0.369 e. The van der Waals surface area contributed by atoms with Gasteiger partial charge in [-0.2, -0.15) is 0 Å². The van der Waals surface area contributed by atoms with Crippen LogP contribution in [0.4, 0.5) is 5.82 Å². The molecule has 1 aromatic heterocycles. The number of primary amides is 1. The Morgan fingerprint density at radius 1 is 1.41 bits per heavy atom. The zero-order valence-corrected chi connectivity index (χ0v) is 11.6. The number of anilines is 1. The molecule has 17 heavy (non-hydrogen) atoms. The molecule has 92 valence electrons. The lowest BCUT2D eigenvalue weighted by Gasteiger charge is -2.35. The number of nitrogens with two attached hydrogens (primary N) is 1. The molecule has 1 fully saturated rings. The molecule has 2 N–H and O–H groups in total. The smallest absolute Gasteiger partial charge is 0.231 e. The first-order valence-corrected chi connectivity index (χ1v) is 6.61. The zero-order chi connectivity index (χ0) is 12.3. The van der Waals surface area contributed by atoms with E-state index in [0.29, 0.717) is 6.54 Å². The van der Waals surface area contributed by atoms with Crippen LogP contribution in [-0.2, 0) is 4.79 Å². The van der Waals surface area contributed by atoms with Crippen molar-refractivity contribution in [3.05, 3.63) is 21.9 Å². The van der Waals surface area contributed by atoms with Crippen molar-refractivity contribution in [3.63, 3.8) is 0 Å². The third-order valence-electron chi connectivity index (χ3n) is 2.79. The van der Waals surface area contributed by atoms with Crippen LogP contribution in [0, 0.1) is 3.57 Å². The monoisotopic (exact) mass is 346 g/mol. The minimum Gasteiger partial charge on any atom is -0.369 e. The second-order valence-corrected chi connectivity index (χ2v) is 5.20. The number of aromatic nitrogens is 1. The average Bonchev–Trinajstić information content (AvgIpc) is 2.30. The fourth-order valence-corrected chi connectivity index (χ4v) is 2.64. The molecule has 0 spiro atoms. The summed E-state index contributed by atoms with van der Waals surface area (Å²) in [7, 11) is 0. The Morgan fingerprint density at radius 3 is 2.71 bits per heavy atom. The highest BCUT2D eigenvalue weighted by atomic mass is 127. The lowest BCUT2D eigenvalue weighted by Crippen LogP contribution is -2.49. The zero-order valence-electron chi connectivity index (χ0n) is 9.47. The van der Waals surface area contributed by atoms with E-state index in [4.69, 9.17) is 5.73 Å². The Bertz CT molecular complexity index is 404. The van der Waals surface area contributed by atoms with Gasteiger partial charge in [0.2, 0.25) is 5.91 Å². The Kier molecular flexibility index (Phi) is 4.16. The topological polar surface area (TPSA) is 62.5 Å². The Hall–Kier alpha value is -0.890. The molecule has 5 nitrogen and oxygen atoms in total. The summed E-state index contributed by atoms with van der Waals surface area (Å²) in [5.74, 6) is 0.776. The first kappa shape index (κ1) is 12.6. The summed E-state index contributed by atoms with van der Waals surface area (Å²) in [5, 5.41) is 0. The predicted octanol–water partition coefficient (Wildman–Crippen LogP) is 0.294. The fourth-order valence-electron chi connectivity index (χ4n) is 1.95. The van der Waals surface area contributed by atoms with Crippen molar-refractivity contribution in [1.29, 1.82) is 0 Å². The number of amides is 1. The number of carbonyl (C=O) groups is 1. The van der Waals surface area contributed by atoms with Crippen molar-refractivity contribution in [2.45, 2.75) is 0 Å². The number of piperazine rings is 1. The van der Waals surface area contributed by atoms with E-state index < -0.39 is 0 Å². The summed E-state index contributed by atoms with van der Waals surface area (Å²) < 4.78 is 1.16. The third kappa shape index (κ3) is 3.29. The Balaban J connectivity index is 1.95. The Morgan fingerprint density at radius 2 is 2.12 bits per heavy atom. The van der Waals surface area contributed by atoms with E-state index in [0.717, 1.165) is 35.6 Å². The van der Waals surface area contributed by atoms with Crippen LogP contribution in [0.1, 0.15) is 0 Å². The maximum Gasteiger partial charge on any atom is 0.231 e. The fraction of sp³-hybridized carbons (Fsp3) is 0.455. The molecule has 0 unspecified atom stereocenters. The van der Waals surface area contributed by atoms with Gasteiger partial charge in [-0.3, -0.25) is 9.69 Å². The summed E-state index contributed by atoms with van der Waals surface area (Å²) in [4.78, 5) is 19.6. The van der Waals surface area contributed by atoms with Gasteiger partial charge in [0.25, 0.3) is 0 Å². The van der Waals surface area contributed by atoms with E-state index in [1.807, 2.05) is 12.3 Å². The maximum absolute atomic E-state index is 10.8. The van der Waals surface area contributed by atoms with Gasteiger partial charge >= 0.3 is 0 Å². The highest BCUT2D eigenvalue weighted by Gasteiger charge is 2.20. The van der Waals surface area contributed by atoms with Crippen molar-refractivity contribution in [3.8, 4) is 0 Å². The minimum atomic E-state index is -0.258. The number of hydrogen-bond acceptors (Lipinski definition) is 4. The molecule has 0 bridgehead atoms. The van der Waals surface area contributed by atoms with Gasteiger partial charge in [-0.1, -0.05) is 0 Å². The molecule has 0 atom stereocenters. The van der Waals surface area contributed by atoms with E-state index in [-0.39, 0.29) is 5.91 Å². The van der Waals surface area contributed by atoms with Gasteiger partial charge in [-0.05, 0) is 34.7 Å². The number of halogens is 1. The standard InChI is InChI=1S/C11H15IN4O/c12-9-2-1-3-14-11(9)16-6-4-15(5-7-16)8-10(13)17/h1-3H,4-8H2,(H2,13,17).